The lowest BCUT2D eigenvalue weighted by Gasteiger charge is -2.00. The highest BCUT2D eigenvalue weighted by atomic mass is 79.9. The molecule has 0 aliphatic heterocycles. The largest absolute Gasteiger partial charge is 0.299 e. The highest BCUT2D eigenvalue weighted by Crippen LogP contribution is 2.20. The lowest BCUT2D eigenvalue weighted by atomic mass is 10.3. The van der Waals surface area contributed by atoms with Gasteiger partial charge in [-0.3, -0.25) is 4.79 Å². The van der Waals surface area contributed by atoms with Crippen LogP contribution in [0.3, 0.4) is 0 Å². The predicted octanol–water partition coefficient (Wildman–Crippen LogP) is 3.91. The van der Waals surface area contributed by atoms with Crippen LogP contribution in [0.15, 0.2) is 33.6 Å². The molecule has 0 atom stereocenters. The topological polar surface area (TPSA) is 17.1 Å². The molecular formula is C11H13BrOS. The van der Waals surface area contributed by atoms with Crippen molar-refractivity contribution in [1.29, 1.82) is 0 Å². The average molecular weight is 273 g/mol. The molecule has 3 heteroatoms. The van der Waals surface area contributed by atoms with E-state index in [0.717, 1.165) is 15.8 Å². The first kappa shape index (κ1) is 11.8. The van der Waals surface area contributed by atoms with E-state index in [1.807, 2.05) is 31.2 Å². The summed E-state index contributed by atoms with van der Waals surface area (Å²) < 4.78 is 1.07. The molecule has 1 aromatic carbocycles. The third kappa shape index (κ3) is 4.29. The summed E-state index contributed by atoms with van der Waals surface area (Å²) in [4.78, 5) is 12.4. The van der Waals surface area contributed by atoms with E-state index in [2.05, 4.69) is 15.9 Å². The van der Waals surface area contributed by atoms with E-state index in [1.165, 1.54) is 0 Å². The Kier molecular flexibility index (Phi) is 5.26. The van der Waals surface area contributed by atoms with Crippen LogP contribution in [0.25, 0.3) is 0 Å². The molecule has 76 valence electrons. The summed E-state index contributed by atoms with van der Waals surface area (Å²) in [7, 11) is 0. The first-order chi connectivity index (χ1) is 6.72. The molecule has 14 heavy (non-hydrogen) atoms. The summed E-state index contributed by atoms with van der Waals surface area (Å²) in [5.74, 6) is 0.926. The van der Waals surface area contributed by atoms with Crippen molar-refractivity contribution in [1.82, 2.24) is 0 Å². The Balaban J connectivity index is 2.38. The van der Waals surface area contributed by atoms with E-state index >= 15 is 0 Å². The minimum atomic E-state index is 0.334. The maximum atomic E-state index is 11.3. The molecule has 0 aromatic heterocycles. The van der Waals surface area contributed by atoms with E-state index in [0.29, 0.717) is 18.0 Å². The van der Waals surface area contributed by atoms with E-state index in [4.69, 9.17) is 0 Å². The first-order valence-electron chi connectivity index (χ1n) is 4.62. The van der Waals surface area contributed by atoms with Crippen LogP contribution in [0.2, 0.25) is 0 Å². The SMILES string of the molecule is CCCC(=O)CSc1ccc(Br)cc1. The highest BCUT2D eigenvalue weighted by Gasteiger charge is 2.01. The second-order valence-electron chi connectivity index (χ2n) is 3.03. The van der Waals surface area contributed by atoms with Crippen molar-refractivity contribution in [3.05, 3.63) is 28.7 Å². The number of benzene rings is 1. The van der Waals surface area contributed by atoms with Crippen LogP contribution in [0.1, 0.15) is 19.8 Å². The summed E-state index contributed by atoms with van der Waals surface area (Å²) in [6.45, 7) is 2.03. The van der Waals surface area contributed by atoms with Crippen LogP contribution < -0.4 is 0 Å². The van der Waals surface area contributed by atoms with Crippen molar-refractivity contribution in [3.63, 3.8) is 0 Å². The summed E-state index contributed by atoms with van der Waals surface area (Å²) in [5.41, 5.74) is 0. The normalized spacial score (nSPS) is 10.1. The number of thioether (sulfide) groups is 1. The van der Waals surface area contributed by atoms with Crippen LogP contribution in [0.5, 0.6) is 0 Å². The minimum Gasteiger partial charge on any atom is -0.299 e. The van der Waals surface area contributed by atoms with E-state index in [-0.39, 0.29) is 0 Å². The molecule has 0 fully saturated rings. The minimum absolute atomic E-state index is 0.334. The van der Waals surface area contributed by atoms with Gasteiger partial charge in [-0.05, 0) is 30.7 Å². The van der Waals surface area contributed by atoms with Crippen LogP contribution >= 0.6 is 27.7 Å². The fraction of sp³-hybridized carbons (Fsp3) is 0.364. The van der Waals surface area contributed by atoms with E-state index < -0.39 is 0 Å². The molecule has 0 radical (unpaired) electrons. The molecule has 0 saturated heterocycles. The van der Waals surface area contributed by atoms with Gasteiger partial charge in [-0.25, -0.2) is 0 Å². The summed E-state index contributed by atoms with van der Waals surface area (Å²) in [6, 6.07) is 8.03. The number of carbonyl (C=O) groups excluding carboxylic acids is 1. The highest BCUT2D eigenvalue weighted by molar-refractivity contribution is 9.10. The standard InChI is InChI=1S/C11H13BrOS/c1-2-3-10(13)8-14-11-6-4-9(12)5-7-11/h4-7H,2-3,8H2,1H3. The number of hydrogen-bond donors (Lipinski definition) is 0. The molecule has 0 spiro atoms. The predicted molar refractivity (Wildman–Crippen MR) is 64.8 cm³/mol. The Bertz CT molecular complexity index is 295. The molecular weight excluding hydrogens is 260 g/mol. The van der Waals surface area contributed by atoms with Crippen molar-refractivity contribution >= 4 is 33.5 Å². The number of halogens is 1. The third-order valence-electron chi connectivity index (χ3n) is 1.74. The Hall–Kier alpha value is -0.280. The van der Waals surface area contributed by atoms with Gasteiger partial charge in [0.2, 0.25) is 0 Å². The Morgan fingerprint density at radius 3 is 2.57 bits per heavy atom. The zero-order valence-electron chi connectivity index (χ0n) is 8.13. The monoisotopic (exact) mass is 272 g/mol. The van der Waals surface area contributed by atoms with Crippen molar-refractivity contribution in [2.24, 2.45) is 0 Å². The average Bonchev–Trinajstić information content (AvgIpc) is 2.17. The van der Waals surface area contributed by atoms with Crippen molar-refractivity contribution in [2.45, 2.75) is 24.7 Å². The van der Waals surface area contributed by atoms with Crippen molar-refractivity contribution in [3.8, 4) is 0 Å². The van der Waals surface area contributed by atoms with Crippen LogP contribution in [0, 0.1) is 0 Å². The molecule has 0 bridgehead atoms. The van der Waals surface area contributed by atoms with Gasteiger partial charge in [0, 0.05) is 15.8 Å². The van der Waals surface area contributed by atoms with Crippen LogP contribution in [-0.4, -0.2) is 11.5 Å². The molecule has 1 aromatic rings. The molecule has 0 aliphatic rings. The molecule has 0 amide bonds. The van der Waals surface area contributed by atoms with Gasteiger partial charge in [0.1, 0.15) is 5.78 Å². The zero-order valence-corrected chi connectivity index (χ0v) is 10.5. The molecule has 1 rings (SSSR count). The molecule has 1 nitrogen and oxygen atoms in total. The fourth-order valence-electron chi connectivity index (χ4n) is 1.05. The number of ketones is 1. The van der Waals surface area contributed by atoms with Gasteiger partial charge < -0.3 is 0 Å². The van der Waals surface area contributed by atoms with Gasteiger partial charge in [0.05, 0.1) is 5.75 Å². The summed E-state index contributed by atoms with van der Waals surface area (Å²) in [5, 5.41) is 0. The summed E-state index contributed by atoms with van der Waals surface area (Å²) in [6.07, 6.45) is 1.64. The number of hydrogen-bond acceptors (Lipinski definition) is 2. The van der Waals surface area contributed by atoms with Gasteiger partial charge in [0.25, 0.3) is 0 Å². The summed E-state index contributed by atoms with van der Waals surface area (Å²) >= 11 is 4.98. The fourth-order valence-corrected chi connectivity index (χ4v) is 2.11. The van der Waals surface area contributed by atoms with Crippen molar-refractivity contribution < 1.29 is 4.79 Å². The third-order valence-corrected chi connectivity index (χ3v) is 3.34. The Labute approximate surface area is 97.4 Å². The second-order valence-corrected chi connectivity index (χ2v) is 5.00. The maximum Gasteiger partial charge on any atom is 0.143 e. The molecule has 0 N–H and O–H groups in total. The van der Waals surface area contributed by atoms with Crippen LogP contribution in [0.4, 0.5) is 0 Å². The first-order valence-corrected chi connectivity index (χ1v) is 6.40. The Morgan fingerprint density at radius 1 is 1.36 bits per heavy atom. The van der Waals surface area contributed by atoms with Gasteiger partial charge in [-0.15, -0.1) is 11.8 Å². The van der Waals surface area contributed by atoms with Gasteiger partial charge in [-0.2, -0.15) is 0 Å². The van der Waals surface area contributed by atoms with Gasteiger partial charge >= 0.3 is 0 Å². The smallest absolute Gasteiger partial charge is 0.143 e. The van der Waals surface area contributed by atoms with E-state index in [1.54, 1.807) is 11.8 Å². The zero-order chi connectivity index (χ0) is 10.4. The molecule has 0 aliphatic carbocycles. The van der Waals surface area contributed by atoms with E-state index in [9.17, 15) is 4.79 Å². The quantitative estimate of drug-likeness (QED) is 0.756. The lowest BCUT2D eigenvalue weighted by molar-refractivity contribution is -0.116. The Morgan fingerprint density at radius 2 is 2.00 bits per heavy atom. The second kappa shape index (κ2) is 6.25. The van der Waals surface area contributed by atoms with Gasteiger partial charge in [-0.1, -0.05) is 22.9 Å². The lowest BCUT2D eigenvalue weighted by Crippen LogP contribution is -1.99. The maximum absolute atomic E-state index is 11.3. The molecule has 0 heterocycles. The van der Waals surface area contributed by atoms with Crippen LogP contribution in [-0.2, 0) is 4.79 Å². The number of rotatable bonds is 5. The number of Topliss-reactive ketones (excluding diaryl/α,β-unsaturated/α-hetero) is 1. The molecule has 0 saturated carbocycles. The number of carbonyl (C=O) groups is 1. The van der Waals surface area contributed by atoms with Gasteiger partial charge in [0.15, 0.2) is 0 Å². The van der Waals surface area contributed by atoms with Crippen molar-refractivity contribution in [2.75, 3.05) is 5.75 Å². The molecule has 0 unspecified atom stereocenters.